The molecule has 0 aromatic heterocycles. The molecular formula is C21H24FNO4. The van der Waals surface area contributed by atoms with Crippen molar-refractivity contribution < 1.29 is 24.1 Å². The standard InChI is InChI=1S/C21H24FNO4/c22-17-3-7-19(8-4-17)27-13-15-9-11-21(26,12-10-15)14-23-20(25)16-1-5-18(24)6-2-16/h1-8,15,24,26H,9-14H2,(H,23,25)/t15-,21+. The predicted molar refractivity (Wildman–Crippen MR) is 99.2 cm³/mol. The van der Waals surface area contributed by atoms with Crippen molar-refractivity contribution in [2.24, 2.45) is 5.92 Å². The zero-order valence-corrected chi connectivity index (χ0v) is 15.0. The van der Waals surface area contributed by atoms with Crippen molar-refractivity contribution >= 4 is 5.91 Å². The summed E-state index contributed by atoms with van der Waals surface area (Å²) in [4.78, 5) is 12.1. The minimum atomic E-state index is -0.918. The van der Waals surface area contributed by atoms with Gasteiger partial charge in [0.15, 0.2) is 0 Å². The van der Waals surface area contributed by atoms with Gasteiger partial charge in [-0.15, -0.1) is 0 Å². The fourth-order valence-corrected chi connectivity index (χ4v) is 3.26. The Morgan fingerprint density at radius 2 is 1.74 bits per heavy atom. The van der Waals surface area contributed by atoms with Crippen LogP contribution >= 0.6 is 0 Å². The van der Waals surface area contributed by atoms with E-state index in [0.717, 1.165) is 12.8 Å². The summed E-state index contributed by atoms with van der Waals surface area (Å²) in [6, 6.07) is 11.9. The lowest BCUT2D eigenvalue weighted by atomic mass is 9.79. The quantitative estimate of drug-likeness (QED) is 0.726. The Labute approximate surface area is 157 Å². The molecule has 144 valence electrons. The van der Waals surface area contributed by atoms with Gasteiger partial charge in [0.25, 0.3) is 5.91 Å². The van der Waals surface area contributed by atoms with Crippen LogP contribution in [0, 0.1) is 11.7 Å². The van der Waals surface area contributed by atoms with Crippen molar-refractivity contribution in [3.05, 3.63) is 59.9 Å². The number of hydrogen-bond acceptors (Lipinski definition) is 4. The molecule has 2 aromatic carbocycles. The molecule has 27 heavy (non-hydrogen) atoms. The van der Waals surface area contributed by atoms with E-state index in [-0.39, 0.29) is 24.0 Å². The maximum Gasteiger partial charge on any atom is 0.251 e. The number of ether oxygens (including phenoxy) is 1. The normalized spacial score (nSPS) is 22.2. The van der Waals surface area contributed by atoms with Crippen LogP contribution in [0.25, 0.3) is 0 Å². The number of rotatable bonds is 6. The van der Waals surface area contributed by atoms with Crippen molar-refractivity contribution in [2.45, 2.75) is 31.3 Å². The number of aromatic hydroxyl groups is 1. The third-order valence-corrected chi connectivity index (χ3v) is 5.04. The van der Waals surface area contributed by atoms with Crippen LogP contribution in [0.1, 0.15) is 36.0 Å². The highest BCUT2D eigenvalue weighted by atomic mass is 19.1. The lowest BCUT2D eigenvalue weighted by molar-refractivity contribution is -0.0129. The van der Waals surface area contributed by atoms with Crippen molar-refractivity contribution in [1.82, 2.24) is 5.32 Å². The number of carbonyl (C=O) groups excluding carboxylic acids is 1. The largest absolute Gasteiger partial charge is 0.508 e. The smallest absolute Gasteiger partial charge is 0.251 e. The van der Waals surface area contributed by atoms with E-state index >= 15 is 0 Å². The van der Waals surface area contributed by atoms with E-state index < -0.39 is 5.60 Å². The van der Waals surface area contributed by atoms with Crippen molar-refractivity contribution in [3.63, 3.8) is 0 Å². The Kier molecular flexibility index (Phi) is 5.96. The topological polar surface area (TPSA) is 78.8 Å². The minimum absolute atomic E-state index is 0.103. The molecule has 3 rings (SSSR count). The summed E-state index contributed by atoms with van der Waals surface area (Å²) in [5.41, 5.74) is -0.475. The monoisotopic (exact) mass is 373 g/mol. The average molecular weight is 373 g/mol. The Morgan fingerprint density at radius 1 is 1.11 bits per heavy atom. The van der Waals surface area contributed by atoms with Crippen LogP contribution in [0.5, 0.6) is 11.5 Å². The molecule has 1 amide bonds. The highest BCUT2D eigenvalue weighted by molar-refractivity contribution is 5.94. The van der Waals surface area contributed by atoms with Crippen LogP contribution in [0.15, 0.2) is 48.5 Å². The van der Waals surface area contributed by atoms with E-state index in [2.05, 4.69) is 5.32 Å². The molecular weight excluding hydrogens is 349 g/mol. The molecule has 0 radical (unpaired) electrons. The molecule has 1 saturated carbocycles. The summed E-state index contributed by atoms with van der Waals surface area (Å²) >= 11 is 0. The molecule has 1 aliphatic carbocycles. The molecule has 0 unspecified atom stereocenters. The summed E-state index contributed by atoms with van der Waals surface area (Å²) in [6.07, 6.45) is 2.76. The maximum atomic E-state index is 12.9. The van der Waals surface area contributed by atoms with Crippen molar-refractivity contribution in [2.75, 3.05) is 13.2 Å². The zero-order chi connectivity index (χ0) is 19.3. The van der Waals surface area contributed by atoms with Gasteiger partial charge in [0.2, 0.25) is 0 Å². The number of phenols is 1. The van der Waals surface area contributed by atoms with E-state index in [4.69, 9.17) is 4.74 Å². The number of nitrogens with one attached hydrogen (secondary N) is 1. The van der Waals surface area contributed by atoms with Crippen molar-refractivity contribution in [3.8, 4) is 11.5 Å². The molecule has 0 aliphatic heterocycles. The third-order valence-electron chi connectivity index (χ3n) is 5.04. The molecule has 1 fully saturated rings. The molecule has 6 heteroatoms. The van der Waals surface area contributed by atoms with E-state index in [1.165, 1.54) is 24.3 Å². The molecule has 1 aliphatic rings. The van der Waals surface area contributed by atoms with Gasteiger partial charge in [0.1, 0.15) is 17.3 Å². The Hall–Kier alpha value is -2.60. The number of aliphatic hydroxyl groups is 1. The molecule has 3 N–H and O–H groups in total. The number of benzene rings is 2. The predicted octanol–water partition coefficient (Wildman–Crippen LogP) is 3.26. The summed E-state index contributed by atoms with van der Waals surface area (Å²) in [6.45, 7) is 0.722. The van der Waals surface area contributed by atoms with E-state index in [0.29, 0.717) is 36.7 Å². The first-order chi connectivity index (χ1) is 12.9. The average Bonchev–Trinajstić information content (AvgIpc) is 2.68. The fraction of sp³-hybridized carbons (Fsp3) is 0.381. The summed E-state index contributed by atoms with van der Waals surface area (Å²) in [7, 11) is 0. The van der Waals surface area contributed by atoms with Crippen LogP contribution in [0.3, 0.4) is 0 Å². The molecule has 0 spiro atoms. The SMILES string of the molecule is O=C(NC[C@]1(O)CC[C@@H](COc2ccc(F)cc2)CC1)c1ccc(O)cc1. The Bertz CT molecular complexity index is 753. The van der Waals surface area contributed by atoms with Crippen LogP contribution in [0.4, 0.5) is 4.39 Å². The molecule has 0 bridgehead atoms. The van der Waals surface area contributed by atoms with Crippen LogP contribution in [0.2, 0.25) is 0 Å². The maximum absolute atomic E-state index is 12.9. The molecule has 0 atom stereocenters. The second-order valence-electron chi connectivity index (χ2n) is 7.16. The van der Waals surface area contributed by atoms with E-state index in [9.17, 15) is 19.4 Å². The Morgan fingerprint density at radius 3 is 2.37 bits per heavy atom. The summed E-state index contributed by atoms with van der Waals surface area (Å²) in [5.74, 6) is 0.498. The van der Waals surface area contributed by atoms with Crippen LogP contribution in [-0.2, 0) is 0 Å². The molecule has 5 nitrogen and oxygen atoms in total. The lowest BCUT2D eigenvalue weighted by Crippen LogP contribution is -2.45. The highest BCUT2D eigenvalue weighted by Crippen LogP contribution is 2.32. The third kappa shape index (κ3) is 5.44. The number of halogens is 1. The number of hydrogen-bond donors (Lipinski definition) is 3. The lowest BCUT2D eigenvalue weighted by Gasteiger charge is -2.36. The second-order valence-corrected chi connectivity index (χ2v) is 7.16. The highest BCUT2D eigenvalue weighted by Gasteiger charge is 2.33. The van der Waals surface area contributed by atoms with Gasteiger partial charge < -0.3 is 20.3 Å². The molecule has 0 heterocycles. The second kappa shape index (κ2) is 8.39. The first kappa shape index (κ1) is 19.2. The van der Waals surface area contributed by atoms with Gasteiger partial charge in [-0.1, -0.05) is 0 Å². The van der Waals surface area contributed by atoms with Gasteiger partial charge in [0.05, 0.1) is 12.2 Å². The summed E-state index contributed by atoms with van der Waals surface area (Å²) in [5, 5.41) is 22.7. The van der Waals surface area contributed by atoms with Gasteiger partial charge in [-0.3, -0.25) is 4.79 Å². The minimum Gasteiger partial charge on any atom is -0.508 e. The van der Waals surface area contributed by atoms with Gasteiger partial charge >= 0.3 is 0 Å². The van der Waals surface area contributed by atoms with Crippen LogP contribution < -0.4 is 10.1 Å². The van der Waals surface area contributed by atoms with Gasteiger partial charge in [0, 0.05) is 12.1 Å². The van der Waals surface area contributed by atoms with Crippen molar-refractivity contribution in [1.29, 1.82) is 0 Å². The van der Waals surface area contributed by atoms with Gasteiger partial charge in [-0.25, -0.2) is 4.39 Å². The van der Waals surface area contributed by atoms with E-state index in [1.54, 1.807) is 24.3 Å². The fourth-order valence-electron chi connectivity index (χ4n) is 3.26. The number of phenolic OH excluding ortho intramolecular Hbond substituents is 1. The first-order valence-electron chi connectivity index (χ1n) is 9.11. The molecule has 2 aromatic rings. The van der Waals surface area contributed by atoms with Gasteiger partial charge in [-0.2, -0.15) is 0 Å². The molecule has 0 saturated heterocycles. The number of carbonyl (C=O) groups is 1. The first-order valence-corrected chi connectivity index (χ1v) is 9.11. The van der Waals surface area contributed by atoms with Gasteiger partial charge in [-0.05, 0) is 80.1 Å². The van der Waals surface area contributed by atoms with E-state index in [1.807, 2.05) is 0 Å². The number of amides is 1. The zero-order valence-electron chi connectivity index (χ0n) is 15.0. The Balaban J connectivity index is 1.42. The summed E-state index contributed by atoms with van der Waals surface area (Å²) < 4.78 is 18.6. The van der Waals surface area contributed by atoms with Crippen LogP contribution in [-0.4, -0.2) is 34.9 Å².